The molecule has 0 spiro atoms. The lowest BCUT2D eigenvalue weighted by Gasteiger charge is -2.06. The molecule has 2 N–H and O–H groups in total. The lowest BCUT2D eigenvalue weighted by Crippen LogP contribution is -2.41. The van der Waals surface area contributed by atoms with Crippen molar-refractivity contribution in [1.82, 2.24) is 10.6 Å². The summed E-state index contributed by atoms with van der Waals surface area (Å²) in [6, 6.07) is 8.47. The van der Waals surface area contributed by atoms with Crippen LogP contribution in [0.5, 0.6) is 0 Å². The highest BCUT2D eigenvalue weighted by Gasteiger charge is 2.14. The van der Waals surface area contributed by atoms with Crippen molar-refractivity contribution >= 4 is 28.9 Å². The molecule has 0 saturated heterocycles. The van der Waals surface area contributed by atoms with Gasteiger partial charge < -0.3 is 18.9 Å². The summed E-state index contributed by atoms with van der Waals surface area (Å²) in [5.41, 5.74) is 2.52. The van der Waals surface area contributed by atoms with Gasteiger partial charge in [-0.15, -0.1) is 0 Å². The molecule has 0 bridgehead atoms. The molecule has 0 aliphatic carbocycles. The summed E-state index contributed by atoms with van der Waals surface area (Å²) in [5, 5.41) is 5.35. The largest absolute Gasteiger partial charge is 0.467 e. The second-order valence-corrected chi connectivity index (χ2v) is 6.09. The van der Waals surface area contributed by atoms with Crippen LogP contribution in [-0.4, -0.2) is 24.5 Å². The van der Waals surface area contributed by atoms with Crippen LogP contribution in [0.25, 0.3) is 11.0 Å². The standard InChI is InChI=1S/C20H20N2O6/c1-2-13-5-6-16-14(11-27-17(16)8-13)9-19(24)28-12-18(23)22-20(25)21-10-15-4-3-7-26-15/h3-8,11H,2,9-10,12H2,1H3,(H2,21,22,23,25). The van der Waals surface area contributed by atoms with Crippen molar-refractivity contribution in [2.24, 2.45) is 0 Å². The highest BCUT2D eigenvalue weighted by molar-refractivity contribution is 5.95. The van der Waals surface area contributed by atoms with Crippen LogP contribution >= 0.6 is 0 Å². The van der Waals surface area contributed by atoms with Gasteiger partial charge in [0.25, 0.3) is 5.91 Å². The molecule has 0 radical (unpaired) electrons. The number of imide groups is 1. The number of carbonyl (C=O) groups is 3. The number of hydrogen-bond acceptors (Lipinski definition) is 6. The van der Waals surface area contributed by atoms with E-state index >= 15 is 0 Å². The summed E-state index contributed by atoms with van der Waals surface area (Å²) in [6.45, 7) is 1.63. The number of ether oxygens (including phenoxy) is 1. The van der Waals surface area contributed by atoms with Crippen molar-refractivity contribution in [3.63, 3.8) is 0 Å². The molecule has 0 fully saturated rings. The second-order valence-electron chi connectivity index (χ2n) is 6.09. The molecule has 8 heteroatoms. The van der Waals surface area contributed by atoms with Crippen LogP contribution in [-0.2, 0) is 33.7 Å². The van der Waals surface area contributed by atoms with Gasteiger partial charge in [0.05, 0.1) is 25.5 Å². The van der Waals surface area contributed by atoms with E-state index in [2.05, 4.69) is 10.6 Å². The van der Waals surface area contributed by atoms with Gasteiger partial charge in [0, 0.05) is 10.9 Å². The van der Waals surface area contributed by atoms with Crippen molar-refractivity contribution in [1.29, 1.82) is 0 Å². The van der Waals surface area contributed by atoms with Crippen LogP contribution in [0.2, 0.25) is 0 Å². The van der Waals surface area contributed by atoms with Crippen LogP contribution in [0.3, 0.4) is 0 Å². The van der Waals surface area contributed by atoms with Crippen LogP contribution in [0.1, 0.15) is 23.8 Å². The number of furan rings is 2. The van der Waals surface area contributed by atoms with Gasteiger partial charge in [-0.3, -0.25) is 14.9 Å². The van der Waals surface area contributed by atoms with Crippen LogP contribution < -0.4 is 10.6 Å². The lowest BCUT2D eigenvalue weighted by atomic mass is 10.1. The molecule has 2 heterocycles. The van der Waals surface area contributed by atoms with Gasteiger partial charge in [-0.25, -0.2) is 4.79 Å². The molecule has 2 aromatic heterocycles. The van der Waals surface area contributed by atoms with E-state index in [0.29, 0.717) is 16.9 Å². The Bertz CT molecular complexity index is 974. The van der Waals surface area contributed by atoms with Crippen molar-refractivity contribution in [2.75, 3.05) is 6.61 Å². The van der Waals surface area contributed by atoms with E-state index in [1.165, 1.54) is 12.5 Å². The summed E-state index contributed by atoms with van der Waals surface area (Å²) in [5.74, 6) is -0.768. The first-order valence-electron chi connectivity index (χ1n) is 8.80. The molecule has 28 heavy (non-hydrogen) atoms. The molecule has 0 unspecified atom stereocenters. The van der Waals surface area contributed by atoms with E-state index in [0.717, 1.165) is 17.4 Å². The fourth-order valence-corrected chi connectivity index (χ4v) is 2.62. The van der Waals surface area contributed by atoms with Gasteiger partial charge in [0.15, 0.2) is 6.61 Å². The average Bonchev–Trinajstić information content (AvgIpc) is 3.34. The van der Waals surface area contributed by atoms with Crippen molar-refractivity contribution in [3.05, 3.63) is 59.7 Å². The third-order valence-electron chi connectivity index (χ3n) is 4.08. The lowest BCUT2D eigenvalue weighted by molar-refractivity contribution is -0.147. The number of amides is 3. The predicted molar refractivity (Wildman–Crippen MR) is 99.3 cm³/mol. The first kappa shape index (κ1) is 19.2. The molecule has 1 aromatic carbocycles. The number of hydrogen-bond donors (Lipinski definition) is 2. The van der Waals surface area contributed by atoms with Gasteiger partial charge in [-0.1, -0.05) is 19.1 Å². The van der Waals surface area contributed by atoms with Gasteiger partial charge in [-0.05, 0) is 30.2 Å². The second kappa shape index (κ2) is 8.90. The van der Waals surface area contributed by atoms with Crippen molar-refractivity contribution in [2.45, 2.75) is 26.3 Å². The van der Waals surface area contributed by atoms with Gasteiger partial charge in [-0.2, -0.15) is 0 Å². The fourth-order valence-electron chi connectivity index (χ4n) is 2.62. The highest BCUT2D eigenvalue weighted by atomic mass is 16.5. The summed E-state index contributed by atoms with van der Waals surface area (Å²) < 4.78 is 15.5. The molecule has 146 valence electrons. The Morgan fingerprint density at radius 3 is 2.75 bits per heavy atom. The molecule has 0 saturated carbocycles. The fraction of sp³-hybridized carbons (Fsp3) is 0.250. The predicted octanol–water partition coefficient (Wildman–Crippen LogP) is 2.70. The van der Waals surface area contributed by atoms with Crippen LogP contribution in [0.4, 0.5) is 4.79 Å². The van der Waals surface area contributed by atoms with E-state index in [1.54, 1.807) is 12.1 Å². The van der Waals surface area contributed by atoms with Crippen molar-refractivity contribution in [3.8, 4) is 0 Å². The minimum Gasteiger partial charge on any atom is -0.467 e. The quantitative estimate of drug-likeness (QED) is 0.606. The first-order valence-corrected chi connectivity index (χ1v) is 8.80. The van der Waals surface area contributed by atoms with Crippen molar-refractivity contribution < 1.29 is 28.0 Å². The minimum atomic E-state index is -0.727. The Labute approximate surface area is 160 Å². The molecule has 3 amide bonds. The maximum Gasteiger partial charge on any atom is 0.321 e. The number of benzene rings is 1. The Morgan fingerprint density at radius 2 is 2.00 bits per heavy atom. The van der Waals surface area contributed by atoms with Crippen LogP contribution in [0.15, 0.2) is 51.7 Å². The Hall–Kier alpha value is -3.55. The minimum absolute atomic E-state index is 0.0313. The zero-order valence-corrected chi connectivity index (χ0v) is 15.3. The Kier molecular flexibility index (Phi) is 6.11. The molecular weight excluding hydrogens is 364 g/mol. The summed E-state index contributed by atoms with van der Waals surface area (Å²) in [4.78, 5) is 35.3. The number of esters is 1. The maximum absolute atomic E-state index is 12.0. The number of aryl methyl sites for hydroxylation is 1. The molecule has 0 aliphatic rings. The highest BCUT2D eigenvalue weighted by Crippen LogP contribution is 2.23. The number of urea groups is 1. The number of fused-ring (bicyclic) bond motifs is 1. The molecule has 3 rings (SSSR count). The van der Waals surface area contributed by atoms with Gasteiger partial charge in [0.2, 0.25) is 0 Å². The monoisotopic (exact) mass is 384 g/mol. The number of nitrogens with one attached hydrogen (secondary N) is 2. The Morgan fingerprint density at radius 1 is 1.14 bits per heavy atom. The first-order chi connectivity index (χ1) is 13.5. The molecule has 3 aromatic rings. The summed E-state index contributed by atoms with van der Waals surface area (Å²) >= 11 is 0. The topological polar surface area (TPSA) is 111 Å². The molecule has 0 aliphatic heterocycles. The normalized spacial score (nSPS) is 10.6. The van der Waals surface area contributed by atoms with E-state index in [1.807, 2.05) is 25.1 Å². The van der Waals surface area contributed by atoms with E-state index in [-0.39, 0.29) is 13.0 Å². The third kappa shape index (κ3) is 5.00. The van der Waals surface area contributed by atoms with E-state index < -0.39 is 24.5 Å². The summed E-state index contributed by atoms with van der Waals surface area (Å²) in [6.07, 6.45) is 3.84. The Balaban J connectivity index is 1.43. The number of rotatable bonds is 7. The van der Waals surface area contributed by atoms with Crippen LogP contribution in [0, 0.1) is 0 Å². The van der Waals surface area contributed by atoms with E-state index in [4.69, 9.17) is 13.6 Å². The molecule has 8 nitrogen and oxygen atoms in total. The van der Waals surface area contributed by atoms with Gasteiger partial charge >= 0.3 is 12.0 Å². The van der Waals surface area contributed by atoms with Gasteiger partial charge in [0.1, 0.15) is 11.3 Å². The molecular formula is C20H20N2O6. The summed E-state index contributed by atoms with van der Waals surface area (Å²) in [7, 11) is 0. The maximum atomic E-state index is 12.0. The zero-order chi connectivity index (χ0) is 19.9. The third-order valence-corrected chi connectivity index (χ3v) is 4.08. The van der Waals surface area contributed by atoms with E-state index in [9.17, 15) is 14.4 Å². The zero-order valence-electron chi connectivity index (χ0n) is 15.3. The average molecular weight is 384 g/mol. The number of carbonyl (C=O) groups excluding carboxylic acids is 3. The SMILES string of the molecule is CCc1ccc2c(CC(=O)OCC(=O)NC(=O)NCc3ccco3)coc2c1. The smallest absolute Gasteiger partial charge is 0.321 e. The molecule has 0 atom stereocenters.